The first-order valence-electron chi connectivity index (χ1n) is 5.20. The molecule has 0 aliphatic carbocycles. The smallest absolute Gasteiger partial charge is 0.242 e. The molecule has 0 unspecified atom stereocenters. The lowest BCUT2D eigenvalue weighted by atomic mass is 10.1. The van der Waals surface area contributed by atoms with E-state index in [0.29, 0.717) is 12.2 Å². The summed E-state index contributed by atoms with van der Waals surface area (Å²) in [4.78, 5) is 3.96. The second kappa shape index (κ2) is 6.44. The Morgan fingerprint density at radius 2 is 2.19 bits per heavy atom. The topological polar surface area (TPSA) is 97.0 Å². The van der Waals surface area contributed by atoms with Gasteiger partial charge in [-0.25, -0.2) is 0 Å². The number of aliphatic hydroxyl groups is 1. The largest absolute Gasteiger partial charge is 0.396 e. The van der Waals surface area contributed by atoms with Crippen LogP contribution in [-0.2, 0) is 0 Å². The molecule has 1 rings (SSSR count). The minimum atomic E-state index is 0.0751. The summed E-state index contributed by atoms with van der Waals surface area (Å²) in [6, 6.07) is 0.114. The van der Waals surface area contributed by atoms with Gasteiger partial charge in [-0.05, 0) is 12.8 Å². The first-order chi connectivity index (χ1) is 7.67. The molecule has 0 spiro atoms. The molecule has 0 aliphatic heterocycles. The third-order valence-corrected chi connectivity index (χ3v) is 2.37. The number of aromatic nitrogens is 3. The summed E-state index contributed by atoms with van der Waals surface area (Å²) >= 11 is 5.82. The molecule has 0 saturated carbocycles. The number of aliphatic hydroxyl groups excluding tert-OH is 1. The van der Waals surface area contributed by atoms with Gasteiger partial charge in [0.1, 0.15) is 0 Å². The average Bonchev–Trinajstić information content (AvgIpc) is 2.24. The number of halogens is 1. The van der Waals surface area contributed by atoms with Gasteiger partial charge in [-0.15, -0.1) is 10.2 Å². The molecule has 1 aromatic heterocycles. The number of nitrogen functional groups attached to an aromatic ring is 1. The van der Waals surface area contributed by atoms with Crippen molar-refractivity contribution in [2.24, 2.45) is 0 Å². The monoisotopic (exact) mass is 245 g/mol. The SMILES string of the molecule is CCC[C@@H](CCO)Nc1nc(N)nnc1Cl. The fourth-order valence-electron chi connectivity index (χ4n) is 1.40. The Kier molecular flexibility index (Phi) is 5.21. The molecule has 0 aliphatic rings. The van der Waals surface area contributed by atoms with Gasteiger partial charge in [-0.1, -0.05) is 24.9 Å². The lowest BCUT2D eigenvalue weighted by Gasteiger charge is -2.17. The molecule has 1 atom stereocenters. The number of anilines is 2. The minimum absolute atomic E-state index is 0.0751. The van der Waals surface area contributed by atoms with Gasteiger partial charge in [-0.2, -0.15) is 4.98 Å². The van der Waals surface area contributed by atoms with E-state index in [1.165, 1.54) is 0 Å². The number of nitrogens with zero attached hydrogens (tertiary/aromatic N) is 3. The number of nitrogens with two attached hydrogens (primary N) is 1. The van der Waals surface area contributed by atoms with Crippen LogP contribution in [0.15, 0.2) is 0 Å². The van der Waals surface area contributed by atoms with Gasteiger partial charge in [-0.3, -0.25) is 0 Å². The summed E-state index contributed by atoms with van der Waals surface area (Å²) in [5.74, 6) is 0.493. The van der Waals surface area contributed by atoms with Crippen molar-refractivity contribution in [1.82, 2.24) is 15.2 Å². The predicted molar refractivity (Wildman–Crippen MR) is 63.3 cm³/mol. The highest BCUT2D eigenvalue weighted by atomic mass is 35.5. The van der Waals surface area contributed by atoms with Crippen LogP contribution in [0, 0.1) is 0 Å². The van der Waals surface area contributed by atoms with Gasteiger partial charge in [0, 0.05) is 12.6 Å². The van der Waals surface area contributed by atoms with E-state index in [-0.39, 0.29) is 23.8 Å². The Morgan fingerprint density at radius 3 is 2.81 bits per heavy atom. The second-order valence-corrected chi connectivity index (χ2v) is 3.81. The summed E-state index contributed by atoms with van der Waals surface area (Å²) in [5.41, 5.74) is 5.42. The summed E-state index contributed by atoms with van der Waals surface area (Å²) in [6.45, 7) is 2.18. The maximum atomic E-state index is 8.92. The fraction of sp³-hybridized carbons (Fsp3) is 0.667. The van der Waals surface area contributed by atoms with Crippen molar-refractivity contribution >= 4 is 23.4 Å². The number of hydrogen-bond donors (Lipinski definition) is 3. The van der Waals surface area contributed by atoms with Crippen LogP contribution in [0.5, 0.6) is 0 Å². The third kappa shape index (κ3) is 3.79. The summed E-state index contributed by atoms with van der Waals surface area (Å²) in [5, 5.41) is 19.4. The summed E-state index contributed by atoms with van der Waals surface area (Å²) < 4.78 is 0. The first kappa shape index (κ1) is 12.9. The molecule has 0 saturated heterocycles. The van der Waals surface area contributed by atoms with Crippen LogP contribution in [0.3, 0.4) is 0 Å². The zero-order valence-corrected chi connectivity index (χ0v) is 9.91. The van der Waals surface area contributed by atoms with Crippen molar-refractivity contribution in [3.8, 4) is 0 Å². The molecule has 4 N–H and O–H groups in total. The van der Waals surface area contributed by atoms with Gasteiger partial charge in [0.05, 0.1) is 0 Å². The van der Waals surface area contributed by atoms with Crippen LogP contribution in [0.1, 0.15) is 26.2 Å². The van der Waals surface area contributed by atoms with E-state index in [1.54, 1.807) is 0 Å². The van der Waals surface area contributed by atoms with Gasteiger partial charge in [0.2, 0.25) is 5.95 Å². The molecule has 0 fully saturated rings. The van der Waals surface area contributed by atoms with Crippen LogP contribution in [0.4, 0.5) is 11.8 Å². The van der Waals surface area contributed by atoms with E-state index in [0.717, 1.165) is 12.8 Å². The predicted octanol–water partition coefficient (Wildman–Crippen LogP) is 1.07. The molecule has 1 aromatic rings. The van der Waals surface area contributed by atoms with Gasteiger partial charge in [0.25, 0.3) is 0 Å². The van der Waals surface area contributed by atoms with Crippen LogP contribution >= 0.6 is 11.6 Å². The Morgan fingerprint density at radius 1 is 1.44 bits per heavy atom. The Labute approximate surface area is 99.2 Å². The molecule has 16 heavy (non-hydrogen) atoms. The van der Waals surface area contributed by atoms with E-state index < -0.39 is 0 Å². The normalized spacial score (nSPS) is 12.4. The van der Waals surface area contributed by atoms with Crippen molar-refractivity contribution in [3.05, 3.63) is 5.15 Å². The quantitative estimate of drug-likeness (QED) is 0.694. The molecule has 1 heterocycles. The fourth-order valence-corrected chi connectivity index (χ4v) is 1.54. The number of hydrogen-bond acceptors (Lipinski definition) is 6. The molecule has 6 nitrogen and oxygen atoms in total. The molecular weight excluding hydrogens is 230 g/mol. The molecule has 0 aromatic carbocycles. The lowest BCUT2D eigenvalue weighted by Crippen LogP contribution is -2.22. The molecule has 90 valence electrons. The Hall–Kier alpha value is -1.14. The second-order valence-electron chi connectivity index (χ2n) is 3.45. The van der Waals surface area contributed by atoms with E-state index in [1.807, 2.05) is 0 Å². The zero-order chi connectivity index (χ0) is 12.0. The van der Waals surface area contributed by atoms with Crippen molar-refractivity contribution in [2.45, 2.75) is 32.2 Å². The molecule has 0 amide bonds. The van der Waals surface area contributed by atoms with Crippen LogP contribution in [-0.4, -0.2) is 32.9 Å². The van der Waals surface area contributed by atoms with Crippen molar-refractivity contribution in [2.75, 3.05) is 17.7 Å². The van der Waals surface area contributed by atoms with Crippen molar-refractivity contribution in [3.63, 3.8) is 0 Å². The van der Waals surface area contributed by atoms with E-state index >= 15 is 0 Å². The lowest BCUT2D eigenvalue weighted by molar-refractivity contribution is 0.276. The molecule has 0 radical (unpaired) electrons. The number of nitrogens with one attached hydrogen (secondary N) is 1. The van der Waals surface area contributed by atoms with E-state index in [2.05, 4.69) is 27.4 Å². The number of rotatable bonds is 6. The van der Waals surface area contributed by atoms with Gasteiger partial charge in [0.15, 0.2) is 11.0 Å². The van der Waals surface area contributed by atoms with Gasteiger partial charge >= 0.3 is 0 Å². The molecule has 0 bridgehead atoms. The van der Waals surface area contributed by atoms with E-state index in [4.69, 9.17) is 22.4 Å². The van der Waals surface area contributed by atoms with Gasteiger partial charge < -0.3 is 16.2 Å². The maximum Gasteiger partial charge on any atom is 0.242 e. The first-order valence-corrected chi connectivity index (χ1v) is 5.58. The van der Waals surface area contributed by atoms with E-state index in [9.17, 15) is 0 Å². The standard InChI is InChI=1S/C9H16ClN5O/c1-2-3-6(4-5-16)12-8-7(10)14-15-9(11)13-8/h6,16H,2-5H2,1H3,(H3,11,12,13,15)/t6-/m0/s1. The highest BCUT2D eigenvalue weighted by Gasteiger charge is 2.11. The van der Waals surface area contributed by atoms with Crippen LogP contribution < -0.4 is 11.1 Å². The molecular formula is C9H16ClN5O. The van der Waals surface area contributed by atoms with Crippen LogP contribution in [0.25, 0.3) is 0 Å². The summed E-state index contributed by atoms with van der Waals surface area (Å²) in [7, 11) is 0. The Bertz CT molecular complexity index is 330. The average molecular weight is 246 g/mol. The zero-order valence-electron chi connectivity index (χ0n) is 9.15. The Balaban J connectivity index is 2.71. The third-order valence-electron chi connectivity index (χ3n) is 2.12. The van der Waals surface area contributed by atoms with Crippen molar-refractivity contribution < 1.29 is 5.11 Å². The van der Waals surface area contributed by atoms with Crippen molar-refractivity contribution in [1.29, 1.82) is 0 Å². The molecule has 7 heteroatoms. The highest BCUT2D eigenvalue weighted by Crippen LogP contribution is 2.18. The highest BCUT2D eigenvalue weighted by molar-refractivity contribution is 6.31. The maximum absolute atomic E-state index is 8.92. The summed E-state index contributed by atoms with van der Waals surface area (Å²) in [6.07, 6.45) is 2.55. The minimum Gasteiger partial charge on any atom is -0.396 e. The van der Waals surface area contributed by atoms with Crippen LogP contribution in [0.2, 0.25) is 5.15 Å².